The predicted octanol–water partition coefficient (Wildman–Crippen LogP) is 1.29. The van der Waals surface area contributed by atoms with E-state index in [0.717, 1.165) is 11.0 Å². The maximum absolute atomic E-state index is 9.95. The van der Waals surface area contributed by atoms with Crippen LogP contribution in [0.5, 0.6) is 0 Å². The van der Waals surface area contributed by atoms with Crippen molar-refractivity contribution < 1.29 is 5.11 Å². The maximum atomic E-state index is 9.95. The predicted molar refractivity (Wildman–Crippen MR) is 70.7 cm³/mol. The van der Waals surface area contributed by atoms with E-state index in [1.165, 1.54) is 25.7 Å². The Balaban J connectivity index is 1.75. The minimum Gasteiger partial charge on any atom is -0.388 e. The van der Waals surface area contributed by atoms with Crippen molar-refractivity contribution in [3.8, 4) is 0 Å². The zero-order chi connectivity index (χ0) is 12.8. The molecule has 1 aromatic heterocycles. The molecule has 3 rings (SSSR count). The lowest BCUT2D eigenvalue weighted by Crippen LogP contribution is -2.36. The van der Waals surface area contributed by atoms with Gasteiger partial charge in [0.2, 0.25) is 0 Å². The number of aromatic nitrogens is 3. The average Bonchev–Trinajstić information content (AvgIpc) is 3.25. The highest BCUT2D eigenvalue weighted by molar-refractivity contribution is 7.99. The Labute approximate surface area is 111 Å². The summed E-state index contributed by atoms with van der Waals surface area (Å²) in [6.07, 6.45) is 4.96. The van der Waals surface area contributed by atoms with Crippen LogP contribution in [0.25, 0.3) is 0 Å². The molecule has 2 aliphatic rings. The van der Waals surface area contributed by atoms with Crippen molar-refractivity contribution in [2.24, 2.45) is 5.73 Å². The van der Waals surface area contributed by atoms with Gasteiger partial charge < -0.3 is 15.4 Å². The van der Waals surface area contributed by atoms with Crippen LogP contribution in [0.3, 0.4) is 0 Å². The van der Waals surface area contributed by atoms with Crippen molar-refractivity contribution in [1.82, 2.24) is 14.8 Å². The molecule has 6 heteroatoms. The van der Waals surface area contributed by atoms with Crippen LogP contribution in [-0.2, 0) is 0 Å². The second kappa shape index (κ2) is 4.51. The fourth-order valence-electron chi connectivity index (χ4n) is 1.96. The molecule has 18 heavy (non-hydrogen) atoms. The molecule has 1 unspecified atom stereocenters. The summed E-state index contributed by atoms with van der Waals surface area (Å²) in [4.78, 5) is 0. The molecule has 100 valence electrons. The molecule has 3 N–H and O–H groups in total. The second-order valence-corrected chi connectivity index (χ2v) is 6.65. The maximum Gasteiger partial charge on any atom is 0.191 e. The monoisotopic (exact) mass is 268 g/mol. The molecule has 0 bridgehead atoms. The second-order valence-electron chi connectivity index (χ2n) is 5.71. The summed E-state index contributed by atoms with van der Waals surface area (Å²) in [5.41, 5.74) is 4.71. The minimum atomic E-state index is -0.829. The SMILES string of the molecule is CC(O)(CN)CSc1nnc(C2CC2)n1C1CC1. The first-order chi connectivity index (χ1) is 8.61. The Morgan fingerprint density at radius 3 is 2.67 bits per heavy atom. The normalized spacial score (nSPS) is 23.1. The van der Waals surface area contributed by atoms with Crippen molar-refractivity contribution in [1.29, 1.82) is 0 Å². The van der Waals surface area contributed by atoms with Crippen LogP contribution in [0.15, 0.2) is 5.16 Å². The molecular weight excluding hydrogens is 248 g/mol. The third kappa shape index (κ3) is 2.55. The first-order valence-corrected chi connectivity index (χ1v) is 7.59. The summed E-state index contributed by atoms with van der Waals surface area (Å²) in [7, 11) is 0. The fourth-order valence-corrected chi connectivity index (χ4v) is 3.00. The third-order valence-corrected chi connectivity index (χ3v) is 4.80. The smallest absolute Gasteiger partial charge is 0.191 e. The number of rotatable bonds is 6. The lowest BCUT2D eigenvalue weighted by atomic mass is 10.1. The molecule has 2 saturated carbocycles. The van der Waals surface area contributed by atoms with Gasteiger partial charge in [-0.25, -0.2) is 0 Å². The van der Waals surface area contributed by atoms with Gasteiger partial charge in [-0.3, -0.25) is 0 Å². The van der Waals surface area contributed by atoms with Crippen LogP contribution in [-0.4, -0.2) is 37.8 Å². The zero-order valence-electron chi connectivity index (χ0n) is 10.7. The largest absolute Gasteiger partial charge is 0.388 e. The van der Waals surface area contributed by atoms with Crippen molar-refractivity contribution >= 4 is 11.8 Å². The van der Waals surface area contributed by atoms with Crippen molar-refractivity contribution in [3.05, 3.63) is 5.82 Å². The first kappa shape index (κ1) is 12.4. The molecular formula is C12H20N4OS. The van der Waals surface area contributed by atoms with Gasteiger partial charge in [0.15, 0.2) is 5.16 Å². The van der Waals surface area contributed by atoms with E-state index in [4.69, 9.17) is 5.73 Å². The Morgan fingerprint density at radius 2 is 2.11 bits per heavy atom. The Kier molecular flexibility index (Phi) is 3.11. The van der Waals surface area contributed by atoms with Crippen molar-refractivity contribution in [2.75, 3.05) is 12.3 Å². The van der Waals surface area contributed by atoms with Crippen LogP contribution >= 0.6 is 11.8 Å². The molecule has 1 heterocycles. The molecule has 1 aromatic rings. The molecule has 0 radical (unpaired) electrons. The van der Waals surface area contributed by atoms with Gasteiger partial charge in [-0.05, 0) is 32.6 Å². The summed E-state index contributed by atoms with van der Waals surface area (Å²) in [5, 5.41) is 19.6. The van der Waals surface area contributed by atoms with Gasteiger partial charge in [0.1, 0.15) is 5.82 Å². The van der Waals surface area contributed by atoms with Gasteiger partial charge in [0, 0.05) is 24.3 Å². The van der Waals surface area contributed by atoms with Gasteiger partial charge >= 0.3 is 0 Å². The highest BCUT2D eigenvalue weighted by atomic mass is 32.2. The topological polar surface area (TPSA) is 77.0 Å². The Hall–Kier alpha value is -0.590. The summed E-state index contributed by atoms with van der Waals surface area (Å²) < 4.78 is 2.30. The summed E-state index contributed by atoms with van der Waals surface area (Å²) in [5.74, 6) is 2.36. The number of thioether (sulfide) groups is 1. The van der Waals surface area contributed by atoms with Crippen molar-refractivity contribution in [2.45, 2.75) is 55.3 Å². The van der Waals surface area contributed by atoms with E-state index in [9.17, 15) is 5.11 Å². The van der Waals surface area contributed by atoms with E-state index in [0.29, 0.717) is 17.7 Å². The molecule has 0 saturated heterocycles. The number of aliphatic hydroxyl groups is 1. The Morgan fingerprint density at radius 1 is 1.39 bits per heavy atom. The van der Waals surface area contributed by atoms with Gasteiger partial charge in [-0.2, -0.15) is 0 Å². The molecule has 1 atom stereocenters. The Bertz CT molecular complexity index is 437. The van der Waals surface area contributed by atoms with E-state index >= 15 is 0 Å². The lowest BCUT2D eigenvalue weighted by Gasteiger charge is -2.20. The standard InChI is InChI=1S/C12H20N4OS/c1-12(17,6-13)7-18-11-15-14-10(8-2-3-8)16(11)9-4-5-9/h8-9,17H,2-7,13H2,1H3. The number of nitrogens with two attached hydrogens (primary N) is 1. The van der Waals surface area contributed by atoms with Gasteiger partial charge in [-0.1, -0.05) is 11.8 Å². The van der Waals surface area contributed by atoms with Crippen LogP contribution in [0.2, 0.25) is 0 Å². The third-order valence-electron chi connectivity index (χ3n) is 3.50. The van der Waals surface area contributed by atoms with E-state index in [-0.39, 0.29) is 6.54 Å². The highest BCUT2D eigenvalue weighted by Crippen LogP contribution is 2.46. The fraction of sp³-hybridized carbons (Fsp3) is 0.833. The van der Waals surface area contributed by atoms with Crippen molar-refractivity contribution in [3.63, 3.8) is 0 Å². The molecule has 2 aliphatic carbocycles. The lowest BCUT2D eigenvalue weighted by molar-refractivity contribution is 0.0948. The van der Waals surface area contributed by atoms with Gasteiger partial charge in [-0.15, -0.1) is 10.2 Å². The molecule has 0 aromatic carbocycles. The average molecular weight is 268 g/mol. The van der Waals surface area contributed by atoms with E-state index < -0.39 is 5.60 Å². The number of hydrogen-bond donors (Lipinski definition) is 2. The first-order valence-electron chi connectivity index (χ1n) is 6.61. The van der Waals surface area contributed by atoms with Crippen LogP contribution < -0.4 is 5.73 Å². The van der Waals surface area contributed by atoms with Crippen LogP contribution in [0, 0.1) is 0 Å². The van der Waals surface area contributed by atoms with Crippen LogP contribution in [0.1, 0.15) is 50.4 Å². The summed E-state index contributed by atoms with van der Waals surface area (Å²) in [6.45, 7) is 2.03. The van der Waals surface area contributed by atoms with E-state index in [2.05, 4.69) is 14.8 Å². The molecule has 0 amide bonds. The molecule has 0 aliphatic heterocycles. The van der Waals surface area contributed by atoms with E-state index in [1.807, 2.05) is 0 Å². The molecule has 2 fully saturated rings. The highest BCUT2D eigenvalue weighted by Gasteiger charge is 2.36. The van der Waals surface area contributed by atoms with Gasteiger partial charge in [0.25, 0.3) is 0 Å². The zero-order valence-corrected chi connectivity index (χ0v) is 11.5. The summed E-state index contributed by atoms with van der Waals surface area (Å²) >= 11 is 1.57. The van der Waals surface area contributed by atoms with Crippen LogP contribution in [0.4, 0.5) is 0 Å². The number of hydrogen-bond acceptors (Lipinski definition) is 5. The molecule has 0 spiro atoms. The number of nitrogens with zero attached hydrogens (tertiary/aromatic N) is 3. The molecule has 5 nitrogen and oxygen atoms in total. The van der Waals surface area contributed by atoms with E-state index in [1.54, 1.807) is 18.7 Å². The quantitative estimate of drug-likeness (QED) is 0.760. The summed E-state index contributed by atoms with van der Waals surface area (Å²) in [6, 6.07) is 0.598. The minimum absolute atomic E-state index is 0.271. The van der Waals surface area contributed by atoms with Gasteiger partial charge in [0.05, 0.1) is 5.60 Å².